The van der Waals surface area contributed by atoms with Crippen LogP contribution >= 0.6 is 0 Å². The highest BCUT2D eigenvalue weighted by Gasteiger charge is 2.34. The van der Waals surface area contributed by atoms with E-state index in [0.717, 1.165) is 41.6 Å². The Morgan fingerprint density at radius 2 is 1.90 bits per heavy atom. The average molecular weight is 414 g/mol. The number of sulfonamides is 1. The number of hydrogen-bond acceptors (Lipinski definition) is 3. The van der Waals surface area contributed by atoms with Crippen molar-refractivity contribution in [1.82, 2.24) is 13.9 Å². The topological polar surface area (TPSA) is 55.2 Å². The minimum absolute atomic E-state index is 0.151. The zero-order chi connectivity index (χ0) is 20.4. The molecule has 0 amide bonds. The van der Waals surface area contributed by atoms with Crippen molar-refractivity contribution in [3.05, 3.63) is 78.0 Å². The molecule has 1 aliphatic rings. The third kappa shape index (κ3) is 4.26. The number of aryl methyl sites for hydroxylation is 2. The van der Waals surface area contributed by atoms with Gasteiger partial charge in [-0.2, -0.15) is 4.31 Å². The molecular weight excluding hydrogens is 389 g/mol. The third-order valence-electron chi connectivity index (χ3n) is 5.49. The fourth-order valence-corrected chi connectivity index (χ4v) is 5.23. The second-order valence-electron chi connectivity index (χ2n) is 7.47. The van der Waals surface area contributed by atoms with Gasteiger partial charge in [0.1, 0.15) is 5.82 Å². The highest BCUT2D eigenvalue weighted by molar-refractivity contribution is 7.88. The van der Waals surface area contributed by atoms with Crippen molar-refractivity contribution >= 4 is 10.0 Å². The van der Waals surface area contributed by atoms with Crippen molar-refractivity contribution in [3.63, 3.8) is 0 Å². The number of hydrogen-bond donors (Lipinski definition) is 0. The molecule has 0 aliphatic carbocycles. The maximum absolute atomic E-state index is 13.1. The van der Waals surface area contributed by atoms with E-state index in [1.54, 1.807) is 22.8 Å². The second kappa shape index (κ2) is 8.08. The molecule has 1 aromatic heterocycles. The first kappa shape index (κ1) is 19.8. The summed E-state index contributed by atoms with van der Waals surface area (Å²) in [6.45, 7) is 1.26. The van der Waals surface area contributed by atoms with Crippen molar-refractivity contribution in [2.24, 2.45) is 0 Å². The molecule has 152 valence electrons. The van der Waals surface area contributed by atoms with Crippen LogP contribution in [-0.2, 0) is 23.0 Å². The first-order valence-corrected chi connectivity index (χ1v) is 11.6. The summed E-state index contributed by atoms with van der Waals surface area (Å²) in [5.41, 5.74) is 4.03. The second-order valence-corrected chi connectivity index (χ2v) is 9.40. The summed E-state index contributed by atoms with van der Waals surface area (Å²) in [6.07, 6.45) is 7.32. The van der Waals surface area contributed by atoms with E-state index in [0.29, 0.717) is 13.1 Å². The smallest absolute Gasteiger partial charge is 0.211 e. The van der Waals surface area contributed by atoms with Gasteiger partial charge in [0, 0.05) is 18.7 Å². The zero-order valence-electron chi connectivity index (χ0n) is 16.3. The van der Waals surface area contributed by atoms with Gasteiger partial charge in [-0.15, -0.1) is 0 Å². The van der Waals surface area contributed by atoms with E-state index >= 15 is 0 Å². The zero-order valence-corrected chi connectivity index (χ0v) is 17.1. The predicted octanol–water partition coefficient (Wildman–Crippen LogP) is 4.03. The molecule has 0 bridgehead atoms. The van der Waals surface area contributed by atoms with Crippen LogP contribution in [0.3, 0.4) is 0 Å². The third-order valence-corrected chi connectivity index (χ3v) is 6.78. The van der Waals surface area contributed by atoms with Crippen LogP contribution < -0.4 is 0 Å². The lowest BCUT2D eigenvalue weighted by Gasteiger charge is -2.25. The van der Waals surface area contributed by atoms with Gasteiger partial charge in [0.25, 0.3) is 0 Å². The Kier molecular flexibility index (Phi) is 5.52. The number of nitrogens with zero attached hydrogens (tertiary/aromatic N) is 3. The summed E-state index contributed by atoms with van der Waals surface area (Å²) in [4.78, 5) is 4.33. The predicted molar refractivity (Wildman–Crippen MR) is 111 cm³/mol. The molecule has 0 unspecified atom stereocenters. The Bertz CT molecular complexity index is 1090. The van der Waals surface area contributed by atoms with E-state index in [1.165, 1.54) is 18.4 Å². The Hall–Kier alpha value is -2.51. The molecule has 1 fully saturated rings. The van der Waals surface area contributed by atoms with Gasteiger partial charge >= 0.3 is 0 Å². The summed E-state index contributed by atoms with van der Waals surface area (Å²) in [5.74, 6) is -0.238. The highest BCUT2D eigenvalue weighted by atomic mass is 32.2. The van der Waals surface area contributed by atoms with Gasteiger partial charge in [-0.3, -0.25) is 0 Å². The molecule has 7 heteroatoms. The summed E-state index contributed by atoms with van der Waals surface area (Å²) in [7, 11) is -3.27. The minimum Gasteiger partial charge on any atom is -0.330 e. The molecule has 29 heavy (non-hydrogen) atoms. The Balaban J connectivity index is 1.64. The van der Waals surface area contributed by atoms with Crippen molar-refractivity contribution in [1.29, 1.82) is 0 Å². The molecule has 2 heterocycles. The van der Waals surface area contributed by atoms with Crippen molar-refractivity contribution in [3.8, 4) is 11.3 Å². The molecule has 3 aromatic rings. The number of aromatic nitrogens is 2. The summed E-state index contributed by atoms with van der Waals surface area (Å²) in [5, 5.41) is 0. The minimum atomic E-state index is -3.27. The molecule has 0 N–H and O–H groups in total. The Morgan fingerprint density at radius 1 is 1.14 bits per heavy atom. The van der Waals surface area contributed by atoms with Crippen LogP contribution in [0.5, 0.6) is 0 Å². The van der Waals surface area contributed by atoms with Crippen molar-refractivity contribution in [2.75, 3.05) is 12.8 Å². The lowest BCUT2D eigenvalue weighted by molar-refractivity contribution is 0.401. The number of imidazole rings is 1. The maximum Gasteiger partial charge on any atom is 0.211 e. The van der Waals surface area contributed by atoms with E-state index in [9.17, 15) is 12.8 Å². The molecule has 0 radical (unpaired) electrons. The molecule has 5 nitrogen and oxygen atoms in total. The number of benzene rings is 2. The van der Waals surface area contributed by atoms with Crippen LogP contribution in [0.25, 0.3) is 11.3 Å². The largest absolute Gasteiger partial charge is 0.330 e. The summed E-state index contributed by atoms with van der Waals surface area (Å²) in [6, 6.07) is 14.3. The van der Waals surface area contributed by atoms with Gasteiger partial charge in [0.05, 0.1) is 30.5 Å². The van der Waals surface area contributed by atoms with Crippen LogP contribution in [0, 0.1) is 5.82 Å². The van der Waals surface area contributed by atoms with E-state index in [1.807, 2.05) is 30.5 Å². The first-order valence-electron chi connectivity index (χ1n) is 9.74. The van der Waals surface area contributed by atoms with Gasteiger partial charge in [-0.1, -0.05) is 36.4 Å². The van der Waals surface area contributed by atoms with E-state index in [-0.39, 0.29) is 11.9 Å². The monoisotopic (exact) mass is 413 g/mol. The fourth-order valence-electron chi connectivity index (χ4n) is 4.09. The lowest BCUT2D eigenvalue weighted by Crippen LogP contribution is -2.29. The molecule has 4 rings (SSSR count). The van der Waals surface area contributed by atoms with E-state index < -0.39 is 10.0 Å². The molecule has 1 atom stereocenters. The SMILES string of the molecule is CS(=O)(=O)N1CCC[C@H]1c1ccccc1-c1cncn1CCc1ccc(F)cc1. The maximum atomic E-state index is 13.1. The van der Waals surface area contributed by atoms with Crippen LogP contribution in [0.4, 0.5) is 4.39 Å². The van der Waals surface area contributed by atoms with Crippen LogP contribution in [0.1, 0.15) is 30.0 Å². The molecular formula is C22H24FN3O2S. The Morgan fingerprint density at radius 3 is 2.66 bits per heavy atom. The highest BCUT2D eigenvalue weighted by Crippen LogP contribution is 2.38. The molecule has 0 spiro atoms. The summed E-state index contributed by atoms with van der Waals surface area (Å²) < 4.78 is 41.3. The van der Waals surface area contributed by atoms with Gasteiger partial charge < -0.3 is 4.57 Å². The molecule has 0 saturated carbocycles. The molecule has 1 aliphatic heterocycles. The van der Waals surface area contributed by atoms with E-state index in [4.69, 9.17) is 0 Å². The fraction of sp³-hybridized carbons (Fsp3) is 0.318. The lowest BCUT2D eigenvalue weighted by atomic mass is 9.97. The summed E-state index contributed by atoms with van der Waals surface area (Å²) >= 11 is 0. The standard InChI is InChI=1S/C22H24FN3O2S/c1-29(27,28)26-13-4-7-21(26)19-5-2-3-6-20(19)22-15-24-16-25(22)14-12-17-8-10-18(23)11-9-17/h2-3,5-6,8-11,15-16,21H,4,7,12-14H2,1H3/t21-/m0/s1. The van der Waals surface area contributed by atoms with Gasteiger partial charge in [0.15, 0.2) is 0 Å². The van der Waals surface area contributed by atoms with E-state index in [2.05, 4.69) is 9.55 Å². The molecule has 1 saturated heterocycles. The quantitative estimate of drug-likeness (QED) is 0.613. The van der Waals surface area contributed by atoms with Gasteiger partial charge in [-0.25, -0.2) is 17.8 Å². The normalized spacial score (nSPS) is 17.7. The van der Waals surface area contributed by atoms with Crippen LogP contribution in [-0.4, -0.2) is 35.1 Å². The number of rotatable bonds is 6. The Labute approximate surface area is 170 Å². The molecule has 2 aromatic carbocycles. The van der Waals surface area contributed by atoms with Crippen LogP contribution in [0.15, 0.2) is 61.1 Å². The number of halogens is 1. The van der Waals surface area contributed by atoms with Crippen LogP contribution in [0.2, 0.25) is 0 Å². The van der Waals surface area contributed by atoms with Crippen molar-refractivity contribution < 1.29 is 12.8 Å². The first-order chi connectivity index (χ1) is 13.9. The average Bonchev–Trinajstić information content (AvgIpc) is 3.37. The van der Waals surface area contributed by atoms with Gasteiger partial charge in [0.2, 0.25) is 10.0 Å². The van der Waals surface area contributed by atoms with Gasteiger partial charge in [-0.05, 0) is 42.5 Å². The van der Waals surface area contributed by atoms with Crippen molar-refractivity contribution in [2.45, 2.75) is 31.8 Å².